The number of nitrogens with one attached hydrogen (secondary N) is 1. The van der Waals surface area contributed by atoms with Crippen molar-refractivity contribution in [2.24, 2.45) is 5.92 Å². The molecule has 17 heavy (non-hydrogen) atoms. The number of ether oxygens (including phenoxy) is 1. The Labute approximate surface area is 111 Å². The molecule has 2 nitrogen and oxygen atoms in total. The van der Waals surface area contributed by atoms with Gasteiger partial charge in [-0.2, -0.15) is 0 Å². The summed E-state index contributed by atoms with van der Waals surface area (Å²) in [5.74, 6) is 1.82. The Morgan fingerprint density at radius 2 is 2.06 bits per heavy atom. The molecule has 0 spiro atoms. The van der Waals surface area contributed by atoms with Gasteiger partial charge in [0.2, 0.25) is 0 Å². The third-order valence-electron chi connectivity index (χ3n) is 3.36. The molecule has 1 aromatic carbocycles. The van der Waals surface area contributed by atoms with Gasteiger partial charge in [-0.3, -0.25) is 0 Å². The molecule has 0 amide bonds. The zero-order chi connectivity index (χ0) is 11.7. The normalized spacial score (nSPS) is 19.4. The summed E-state index contributed by atoms with van der Waals surface area (Å²) in [7, 11) is 0. The molecule has 1 aromatic rings. The van der Waals surface area contributed by atoms with Gasteiger partial charge in [-0.1, -0.05) is 15.9 Å². The van der Waals surface area contributed by atoms with Crippen LogP contribution >= 0.6 is 15.9 Å². The number of halogens is 1. The van der Waals surface area contributed by atoms with E-state index in [4.69, 9.17) is 4.74 Å². The summed E-state index contributed by atoms with van der Waals surface area (Å²) in [5.41, 5.74) is 1.30. The van der Waals surface area contributed by atoms with E-state index >= 15 is 0 Å². The lowest BCUT2D eigenvalue weighted by Crippen LogP contribution is -2.15. The minimum absolute atomic E-state index is 0.748. The summed E-state index contributed by atoms with van der Waals surface area (Å²) in [4.78, 5) is 0. The predicted molar refractivity (Wildman–Crippen MR) is 72.2 cm³/mol. The highest BCUT2D eigenvalue weighted by molar-refractivity contribution is 9.10. The first kappa shape index (κ1) is 11.5. The van der Waals surface area contributed by atoms with E-state index in [9.17, 15) is 0 Å². The molecular formula is C14H18BrNO. The quantitative estimate of drug-likeness (QED) is 0.867. The fourth-order valence-electron chi connectivity index (χ4n) is 1.82. The van der Waals surface area contributed by atoms with E-state index in [0.29, 0.717) is 0 Å². The second-order valence-electron chi connectivity index (χ2n) is 5.16. The largest absolute Gasteiger partial charge is 0.493 e. The van der Waals surface area contributed by atoms with Crippen LogP contribution in [0.4, 0.5) is 0 Å². The topological polar surface area (TPSA) is 21.3 Å². The van der Waals surface area contributed by atoms with Crippen LogP contribution in [0.3, 0.4) is 0 Å². The van der Waals surface area contributed by atoms with Gasteiger partial charge in [0.15, 0.2) is 0 Å². The van der Waals surface area contributed by atoms with Crippen molar-refractivity contribution < 1.29 is 4.74 Å². The van der Waals surface area contributed by atoms with Crippen molar-refractivity contribution in [2.75, 3.05) is 6.61 Å². The molecule has 0 saturated heterocycles. The average Bonchev–Trinajstić information content (AvgIpc) is 3.20. The minimum atomic E-state index is 0.748. The van der Waals surface area contributed by atoms with Gasteiger partial charge < -0.3 is 10.1 Å². The first-order chi connectivity index (χ1) is 8.31. The monoisotopic (exact) mass is 295 g/mol. The first-order valence-electron chi connectivity index (χ1n) is 6.46. The summed E-state index contributed by atoms with van der Waals surface area (Å²) in [5, 5.41) is 3.53. The first-order valence-corrected chi connectivity index (χ1v) is 7.25. The zero-order valence-electron chi connectivity index (χ0n) is 9.92. The van der Waals surface area contributed by atoms with Crippen molar-refractivity contribution in [1.29, 1.82) is 0 Å². The van der Waals surface area contributed by atoms with Crippen molar-refractivity contribution in [3.63, 3.8) is 0 Å². The lowest BCUT2D eigenvalue weighted by atomic mass is 10.2. The Morgan fingerprint density at radius 3 is 2.76 bits per heavy atom. The highest BCUT2D eigenvalue weighted by Gasteiger charge is 2.22. The van der Waals surface area contributed by atoms with Crippen LogP contribution in [0.15, 0.2) is 22.7 Å². The minimum Gasteiger partial charge on any atom is -0.493 e. The van der Waals surface area contributed by atoms with Crippen molar-refractivity contribution in [3.8, 4) is 5.75 Å². The fraction of sp³-hybridized carbons (Fsp3) is 0.571. The SMILES string of the molecule is Brc1ccc(OCC2CC2)cc1CNC1CC1. The lowest BCUT2D eigenvalue weighted by molar-refractivity contribution is 0.299. The Hall–Kier alpha value is -0.540. The van der Waals surface area contributed by atoms with Gasteiger partial charge >= 0.3 is 0 Å². The Bertz CT molecular complexity index is 399. The molecule has 3 rings (SSSR count). The summed E-state index contributed by atoms with van der Waals surface area (Å²) < 4.78 is 6.97. The van der Waals surface area contributed by atoms with E-state index in [2.05, 4.69) is 33.4 Å². The van der Waals surface area contributed by atoms with Crippen LogP contribution in [0, 0.1) is 5.92 Å². The maximum absolute atomic E-state index is 5.80. The van der Waals surface area contributed by atoms with Crippen molar-refractivity contribution in [2.45, 2.75) is 38.3 Å². The second kappa shape index (κ2) is 4.99. The van der Waals surface area contributed by atoms with Gasteiger partial charge in [0.1, 0.15) is 5.75 Å². The number of benzene rings is 1. The molecule has 2 fully saturated rings. The molecular weight excluding hydrogens is 278 g/mol. The van der Waals surface area contributed by atoms with Crippen molar-refractivity contribution >= 4 is 15.9 Å². The average molecular weight is 296 g/mol. The smallest absolute Gasteiger partial charge is 0.119 e. The van der Waals surface area contributed by atoms with Gasteiger partial charge in [-0.25, -0.2) is 0 Å². The third kappa shape index (κ3) is 3.46. The van der Waals surface area contributed by atoms with Crippen LogP contribution in [-0.4, -0.2) is 12.6 Å². The van der Waals surface area contributed by atoms with Crippen molar-refractivity contribution in [3.05, 3.63) is 28.2 Å². The second-order valence-corrected chi connectivity index (χ2v) is 6.02. The van der Waals surface area contributed by atoms with Crippen LogP contribution in [-0.2, 0) is 6.54 Å². The molecule has 0 unspecified atom stereocenters. The fourth-order valence-corrected chi connectivity index (χ4v) is 2.20. The summed E-state index contributed by atoms with van der Waals surface area (Å²) in [6.07, 6.45) is 5.34. The number of hydrogen-bond acceptors (Lipinski definition) is 2. The van der Waals surface area contributed by atoms with E-state index in [1.807, 2.05) is 6.07 Å². The van der Waals surface area contributed by atoms with E-state index in [1.54, 1.807) is 0 Å². The summed E-state index contributed by atoms with van der Waals surface area (Å²) >= 11 is 3.60. The maximum Gasteiger partial charge on any atom is 0.119 e. The van der Waals surface area contributed by atoms with Gasteiger partial charge in [0.25, 0.3) is 0 Å². The molecule has 0 aliphatic heterocycles. The summed E-state index contributed by atoms with van der Waals surface area (Å²) in [6, 6.07) is 7.04. The molecule has 0 heterocycles. The summed E-state index contributed by atoms with van der Waals surface area (Å²) in [6.45, 7) is 1.82. The van der Waals surface area contributed by atoms with Gasteiger partial charge in [-0.15, -0.1) is 0 Å². The van der Waals surface area contributed by atoms with Gasteiger partial charge in [-0.05, 0) is 55.4 Å². The van der Waals surface area contributed by atoms with Crippen LogP contribution in [0.25, 0.3) is 0 Å². The maximum atomic E-state index is 5.80. The Kier molecular flexibility index (Phi) is 3.39. The van der Waals surface area contributed by atoms with E-state index in [1.165, 1.54) is 35.7 Å². The van der Waals surface area contributed by atoms with Gasteiger partial charge in [0.05, 0.1) is 6.61 Å². The molecule has 1 N–H and O–H groups in total. The molecule has 2 saturated carbocycles. The van der Waals surface area contributed by atoms with Gasteiger partial charge in [0, 0.05) is 17.1 Å². The van der Waals surface area contributed by atoms with Crippen LogP contribution < -0.4 is 10.1 Å². The predicted octanol–water partition coefficient (Wildman–Crippen LogP) is 3.49. The Morgan fingerprint density at radius 1 is 1.24 bits per heavy atom. The molecule has 0 atom stereocenters. The lowest BCUT2D eigenvalue weighted by Gasteiger charge is -2.10. The van der Waals surface area contributed by atoms with E-state index in [0.717, 1.165) is 30.9 Å². The third-order valence-corrected chi connectivity index (χ3v) is 4.13. The zero-order valence-corrected chi connectivity index (χ0v) is 11.5. The van der Waals surface area contributed by atoms with Crippen LogP contribution in [0.1, 0.15) is 31.2 Å². The molecule has 0 radical (unpaired) electrons. The highest BCUT2D eigenvalue weighted by atomic mass is 79.9. The van der Waals surface area contributed by atoms with Crippen LogP contribution in [0.5, 0.6) is 5.75 Å². The number of rotatable bonds is 6. The molecule has 3 heteroatoms. The molecule has 0 bridgehead atoms. The van der Waals surface area contributed by atoms with E-state index < -0.39 is 0 Å². The highest BCUT2D eigenvalue weighted by Crippen LogP contribution is 2.30. The van der Waals surface area contributed by atoms with E-state index in [-0.39, 0.29) is 0 Å². The molecule has 2 aliphatic rings. The molecule has 92 valence electrons. The molecule has 2 aliphatic carbocycles. The number of hydrogen-bond donors (Lipinski definition) is 1. The molecule has 0 aromatic heterocycles. The standard InChI is InChI=1S/C14H18BrNO/c15-14-6-5-13(17-9-10-1-2-10)7-11(14)8-16-12-3-4-12/h5-7,10,12,16H,1-4,8-9H2. The van der Waals surface area contributed by atoms with Crippen LogP contribution in [0.2, 0.25) is 0 Å². The van der Waals surface area contributed by atoms with Crippen molar-refractivity contribution in [1.82, 2.24) is 5.32 Å². The Balaban J connectivity index is 1.60.